The Bertz CT molecular complexity index is 2680. The van der Waals surface area contributed by atoms with Gasteiger partial charge in [-0.2, -0.15) is 0 Å². The Labute approximate surface area is 316 Å². The van der Waals surface area contributed by atoms with Crippen LogP contribution in [0.25, 0.3) is 65.2 Å². The molecule has 2 heterocycles. The fourth-order valence-corrected chi connectivity index (χ4v) is 11.7. The molecule has 0 saturated heterocycles. The normalized spacial score (nSPS) is 11.8. The SMILES string of the molecule is C.COc1ccc2c(c1)c1c(C)c3cc(CCl)ccc3c(C)c1n2C.COc1ccc2c(c1)c1c(C)c3cc([CH2][73Ge]([CH3])([CH3])[CH3])ccc3c(C)c1n2C. The number of halogens is 1. The van der Waals surface area contributed by atoms with Gasteiger partial charge in [-0.05, 0) is 65.6 Å². The van der Waals surface area contributed by atoms with Gasteiger partial charge in [0.2, 0.25) is 0 Å². The van der Waals surface area contributed by atoms with E-state index in [0.717, 1.165) is 17.1 Å². The second kappa shape index (κ2) is 14.0. The number of benzene rings is 6. The first kappa shape index (κ1) is 37.6. The summed E-state index contributed by atoms with van der Waals surface area (Å²) in [6, 6.07) is 26.4. The predicted octanol–water partition coefficient (Wildman–Crippen LogP) is 13.0. The van der Waals surface area contributed by atoms with Crippen molar-refractivity contribution >= 4 is 90.0 Å². The van der Waals surface area contributed by atoms with Gasteiger partial charge in [0, 0.05) is 29.2 Å². The van der Waals surface area contributed by atoms with Gasteiger partial charge in [-0.25, -0.2) is 0 Å². The van der Waals surface area contributed by atoms with Gasteiger partial charge in [0.25, 0.3) is 0 Å². The van der Waals surface area contributed by atoms with Gasteiger partial charge in [-0.3, -0.25) is 0 Å². The van der Waals surface area contributed by atoms with Crippen molar-refractivity contribution in [2.75, 3.05) is 14.2 Å². The summed E-state index contributed by atoms with van der Waals surface area (Å²) in [5, 5.41) is 11.8. The third-order valence-electron chi connectivity index (χ3n) is 10.9. The van der Waals surface area contributed by atoms with Crippen molar-refractivity contribution in [1.29, 1.82) is 0 Å². The fourth-order valence-electron chi connectivity index (χ4n) is 8.53. The van der Waals surface area contributed by atoms with E-state index in [-0.39, 0.29) is 7.43 Å². The monoisotopic (exact) mass is 773 g/mol. The first-order valence-corrected chi connectivity index (χ1v) is 26.1. The summed E-state index contributed by atoms with van der Waals surface area (Å²) in [6.45, 7) is 8.97. The van der Waals surface area contributed by atoms with Crippen LogP contribution >= 0.6 is 11.6 Å². The number of fused-ring (bicyclic) bond motifs is 8. The molecule has 6 aromatic carbocycles. The van der Waals surface area contributed by atoms with Gasteiger partial charge in [-0.1, -0.05) is 19.6 Å². The van der Waals surface area contributed by atoms with E-state index in [4.69, 9.17) is 21.1 Å². The summed E-state index contributed by atoms with van der Waals surface area (Å²) in [6.07, 6.45) is 0. The number of alkyl halides is 1. The van der Waals surface area contributed by atoms with Gasteiger partial charge in [0.15, 0.2) is 0 Å². The van der Waals surface area contributed by atoms with E-state index in [2.05, 4.69) is 135 Å². The van der Waals surface area contributed by atoms with Crippen LogP contribution in [0.1, 0.15) is 40.8 Å². The van der Waals surface area contributed by atoms with Crippen LogP contribution in [0.4, 0.5) is 0 Å². The fraction of sp³-hybridized carbons (Fsp3) is 0.304. The second-order valence-corrected chi connectivity index (χ2v) is 27.2. The Morgan fingerprint density at radius 1 is 0.538 bits per heavy atom. The molecule has 0 atom stereocenters. The molecule has 0 aliphatic carbocycles. The van der Waals surface area contributed by atoms with Crippen molar-refractivity contribution in [3.8, 4) is 11.5 Å². The number of ether oxygens (including phenoxy) is 2. The molecule has 0 saturated carbocycles. The van der Waals surface area contributed by atoms with Gasteiger partial charge in [-0.15, -0.1) is 11.6 Å². The zero-order valence-electron chi connectivity index (χ0n) is 31.9. The molecule has 8 aromatic rings. The van der Waals surface area contributed by atoms with Crippen LogP contribution in [-0.4, -0.2) is 36.6 Å². The Balaban J connectivity index is 0.000000176. The molecule has 2 aromatic heterocycles. The molecule has 52 heavy (non-hydrogen) atoms. The van der Waals surface area contributed by atoms with E-state index >= 15 is 0 Å². The molecule has 0 unspecified atom stereocenters. The van der Waals surface area contributed by atoms with Crippen LogP contribution in [0.2, 0.25) is 17.3 Å². The van der Waals surface area contributed by atoms with Crippen LogP contribution in [0, 0.1) is 27.7 Å². The van der Waals surface area contributed by atoms with Gasteiger partial charge in [0.05, 0.1) is 12.6 Å². The van der Waals surface area contributed by atoms with E-state index in [0.29, 0.717) is 5.88 Å². The quantitative estimate of drug-likeness (QED) is 0.129. The second-order valence-electron chi connectivity index (χ2n) is 15.5. The van der Waals surface area contributed by atoms with Gasteiger partial charge >= 0.3 is 165 Å². The number of aryl methyl sites for hydroxylation is 6. The number of methoxy groups -OCH3 is 2. The first-order valence-electron chi connectivity index (χ1n) is 17.8. The molecule has 0 N–H and O–H groups in total. The standard InChI is InChI=1S/C24H29GeNO.C21H20ClNO.CH4/c1-15-20-12-17(14-25(3,4)5)8-10-19(20)16(2)24-23(15)21-13-18(27-7)9-11-22(21)26(24)6;1-12-17-9-14(11-22)5-7-16(17)13(2)21-20(12)18-10-15(24-4)6-8-19(18)23(21)3;/h8-13H,14H2,1-7H3;5-10H,11H2,1-4H3;1H4/i25+0;;. The molecule has 0 bridgehead atoms. The maximum absolute atomic E-state index is 6.06. The maximum atomic E-state index is 6.06. The molecule has 6 heteroatoms. The van der Waals surface area contributed by atoms with Crippen LogP contribution < -0.4 is 9.47 Å². The van der Waals surface area contributed by atoms with Crippen molar-refractivity contribution in [3.63, 3.8) is 0 Å². The van der Waals surface area contributed by atoms with Crippen molar-refractivity contribution < 1.29 is 9.47 Å². The van der Waals surface area contributed by atoms with E-state index in [1.165, 1.54) is 98.2 Å². The molecule has 8 rings (SSSR count). The number of nitrogens with zero attached hydrogens (tertiary/aromatic N) is 2. The summed E-state index contributed by atoms with van der Waals surface area (Å²) >= 11 is 4.41. The van der Waals surface area contributed by atoms with Crippen molar-refractivity contribution in [2.24, 2.45) is 14.1 Å². The summed E-state index contributed by atoms with van der Waals surface area (Å²) in [5.74, 6) is 9.81. The van der Waals surface area contributed by atoms with E-state index in [1.54, 1.807) is 14.2 Å². The number of hydrogen-bond acceptors (Lipinski definition) is 2. The molecular weight excluding hydrogens is 721 g/mol. The zero-order chi connectivity index (χ0) is 36.5. The molecule has 0 aliphatic rings. The molecule has 270 valence electrons. The minimum absolute atomic E-state index is 0. The summed E-state index contributed by atoms with van der Waals surface area (Å²) in [7, 11) is 7.77. The molecular formula is C46H53ClGeN2O2. The van der Waals surface area contributed by atoms with Crippen molar-refractivity contribution in [3.05, 3.63) is 106 Å². The molecule has 0 radical (unpaired) electrons. The average molecular weight is 774 g/mol. The molecule has 0 aliphatic heterocycles. The van der Waals surface area contributed by atoms with E-state index < -0.39 is 13.3 Å². The van der Waals surface area contributed by atoms with Crippen LogP contribution in [0.15, 0.2) is 72.8 Å². The predicted molar refractivity (Wildman–Crippen MR) is 231 cm³/mol. The third-order valence-corrected chi connectivity index (χ3v) is 14.3. The van der Waals surface area contributed by atoms with Crippen LogP contribution in [0.3, 0.4) is 0 Å². The van der Waals surface area contributed by atoms with Crippen molar-refractivity contribution in [2.45, 2.75) is 63.5 Å². The molecule has 0 fully saturated rings. The topological polar surface area (TPSA) is 28.3 Å². The van der Waals surface area contributed by atoms with Gasteiger partial charge < -0.3 is 9.30 Å². The Morgan fingerprint density at radius 3 is 1.37 bits per heavy atom. The molecule has 0 spiro atoms. The van der Waals surface area contributed by atoms with Gasteiger partial charge in [0.1, 0.15) is 5.75 Å². The molecule has 0 amide bonds. The first-order chi connectivity index (χ1) is 24.3. The summed E-state index contributed by atoms with van der Waals surface area (Å²) < 4.78 is 15.6. The van der Waals surface area contributed by atoms with E-state index in [9.17, 15) is 0 Å². The Hall–Kier alpha value is -4.13. The van der Waals surface area contributed by atoms with Crippen LogP contribution in [0.5, 0.6) is 11.5 Å². The van der Waals surface area contributed by atoms with Crippen molar-refractivity contribution in [1.82, 2.24) is 9.13 Å². The number of hydrogen-bond donors (Lipinski definition) is 0. The number of rotatable bonds is 5. The molecule has 4 nitrogen and oxygen atoms in total. The zero-order valence-corrected chi connectivity index (χ0v) is 34.8. The third kappa shape index (κ3) is 6.12. The Morgan fingerprint density at radius 2 is 0.962 bits per heavy atom. The average Bonchev–Trinajstić information content (AvgIpc) is 3.58. The minimum atomic E-state index is -1.64. The summed E-state index contributed by atoms with van der Waals surface area (Å²) in [5.41, 5.74) is 13.1. The Kier molecular flexibility index (Phi) is 10.1. The van der Waals surface area contributed by atoms with E-state index in [1.807, 2.05) is 6.07 Å². The number of aromatic nitrogens is 2. The van der Waals surface area contributed by atoms with Crippen LogP contribution in [-0.2, 0) is 25.2 Å². The summed E-state index contributed by atoms with van der Waals surface area (Å²) in [4.78, 5) is 0.